The van der Waals surface area contributed by atoms with Crippen LogP contribution in [0.2, 0.25) is 0 Å². The van der Waals surface area contributed by atoms with Gasteiger partial charge in [-0.25, -0.2) is 0 Å². The van der Waals surface area contributed by atoms with E-state index in [-0.39, 0.29) is 6.61 Å². The maximum atomic E-state index is 8.68. The number of hydrogen-bond donors (Lipinski definition) is 1. The fraction of sp³-hybridized carbons (Fsp3) is 0.636. The standard InChI is InChI=1S/C11H20O/c1-4-11(8-9-12)7-5-6-10(2)3/h6,8,12H,4-5,7,9H2,1-3H3/b11-8-. The second-order valence-corrected chi connectivity index (χ2v) is 3.22. The van der Waals surface area contributed by atoms with Crippen molar-refractivity contribution in [1.29, 1.82) is 0 Å². The van der Waals surface area contributed by atoms with Gasteiger partial charge < -0.3 is 5.11 Å². The number of rotatable bonds is 5. The smallest absolute Gasteiger partial charge is 0.0615 e. The molecule has 0 unspecified atom stereocenters. The molecule has 0 heterocycles. The van der Waals surface area contributed by atoms with Crippen LogP contribution in [0.4, 0.5) is 0 Å². The van der Waals surface area contributed by atoms with Gasteiger partial charge in [0, 0.05) is 0 Å². The first-order valence-electron chi connectivity index (χ1n) is 4.62. The molecule has 0 saturated carbocycles. The lowest BCUT2D eigenvalue weighted by molar-refractivity contribution is 0.341. The topological polar surface area (TPSA) is 20.2 Å². The average Bonchev–Trinajstić information content (AvgIpc) is 2.02. The average molecular weight is 168 g/mol. The van der Waals surface area contributed by atoms with Crippen molar-refractivity contribution in [3.05, 3.63) is 23.3 Å². The van der Waals surface area contributed by atoms with Gasteiger partial charge in [-0.3, -0.25) is 0 Å². The molecule has 0 bridgehead atoms. The van der Waals surface area contributed by atoms with E-state index < -0.39 is 0 Å². The molecule has 0 aliphatic heterocycles. The van der Waals surface area contributed by atoms with Crippen molar-refractivity contribution >= 4 is 0 Å². The molecule has 0 aliphatic carbocycles. The third-order valence-electron chi connectivity index (χ3n) is 1.85. The van der Waals surface area contributed by atoms with E-state index in [0.717, 1.165) is 19.3 Å². The second kappa shape index (κ2) is 7.11. The monoisotopic (exact) mass is 168 g/mol. The summed E-state index contributed by atoms with van der Waals surface area (Å²) in [6.07, 6.45) is 7.39. The van der Waals surface area contributed by atoms with Crippen molar-refractivity contribution in [3.63, 3.8) is 0 Å². The zero-order valence-electron chi connectivity index (χ0n) is 8.43. The molecule has 1 N–H and O–H groups in total. The summed E-state index contributed by atoms with van der Waals surface area (Å²) in [7, 11) is 0. The van der Waals surface area contributed by atoms with E-state index in [2.05, 4.69) is 26.8 Å². The number of hydrogen-bond acceptors (Lipinski definition) is 1. The lowest BCUT2D eigenvalue weighted by atomic mass is 10.1. The lowest BCUT2D eigenvalue weighted by Gasteiger charge is -2.01. The van der Waals surface area contributed by atoms with Gasteiger partial charge in [0.1, 0.15) is 0 Å². The van der Waals surface area contributed by atoms with E-state index in [1.54, 1.807) is 0 Å². The van der Waals surface area contributed by atoms with Crippen molar-refractivity contribution in [2.75, 3.05) is 6.61 Å². The van der Waals surface area contributed by atoms with Gasteiger partial charge >= 0.3 is 0 Å². The molecular weight excluding hydrogens is 148 g/mol. The van der Waals surface area contributed by atoms with E-state index in [1.807, 2.05) is 6.08 Å². The fourth-order valence-electron chi connectivity index (χ4n) is 1.10. The molecule has 0 aromatic heterocycles. The first-order valence-corrected chi connectivity index (χ1v) is 4.62. The van der Waals surface area contributed by atoms with Crippen LogP contribution in [0, 0.1) is 0 Å². The Hall–Kier alpha value is -0.560. The maximum Gasteiger partial charge on any atom is 0.0615 e. The molecule has 0 saturated heterocycles. The van der Waals surface area contributed by atoms with E-state index in [0.29, 0.717) is 0 Å². The van der Waals surface area contributed by atoms with E-state index in [4.69, 9.17) is 5.11 Å². The van der Waals surface area contributed by atoms with Gasteiger partial charge in [0.15, 0.2) is 0 Å². The van der Waals surface area contributed by atoms with Gasteiger partial charge in [-0.2, -0.15) is 0 Å². The number of allylic oxidation sites excluding steroid dienone is 3. The van der Waals surface area contributed by atoms with Crippen LogP contribution in [-0.2, 0) is 0 Å². The van der Waals surface area contributed by atoms with Gasteiger partial charge in [0.2, 0.25) is 0 Å². The van der Waals surface area contributed by atoms with Crippen LogP contribution in [0.25, 0.3) is 0 Å². The predicted octanol–water partition coefficient (Wildman–Crippen LogP) is 3.06. The molecule has 0 radical (unpaired) electrons. The molecule has 0 amide bonds. The fourth-order valence-corrected chi connectivity index (χ4v) is 1.10. The minimum atomic E-state index is 0.179. The minimum Gasteiger partial charge on any atom is -0.392 e. The van der Waals surface area contributed by atoms with E-state index in [1.165, 1.54) is 11.1 Å². The largest absolute Gasteiger partial charge is 0.392 e. The summed E-state index contributed by atoms with van der Waals surface area (Å²) in [5, 5.41) is 8.68. The van der Waals surface area contributed by atoms with Crippen LogP contribution in [0.5, 0.6) is 0 Å². The Balaban J connectivity index is 3.74. The zero-order valence-corrected chi connectivity index (χ0v) is 8.43. The van der Waals surface area contributed by atoms with Crippen LogP contribution in [-0.4, -0.2) is 11.7 Å². The summed E-state index contributed by atoms with van der Waals surface area (Å²) in [6.45, 7) is 6.53. The Bertz CT molecular complexity index is 162. The van der Waals surface area contributed by atoms with Crippen molar-refractivity contribution in [3.8, 4) is 0 Å². The summed E-state index contributed by atoms with van der Waals surface area (Å²) in [5.41, 5.74) is 2.73. The number of aliphatic hydroxyl groups is 1. The van der Waals surface area contributed by atoms with Crippen LogP contribution in [0.3, 0.4) is 0 Å². The van der Waals surface area contributed by atoms with Gasteiger partial charge in [-0.05, 0) is 33.1 Å². The van der Waals surface area contributed by atoms with Crippen molar-refractivity contribution < 1.29 is 5.11 Å². The molecule has 1 heteroatoms. The summed E-state index contributed by atoms with van der Waals surface area (Å²) in [4.78, 5) is 0. The highest BCUT2D eigenvalue weighted by atomic mass is 16.2. The quantitative estimate of drug-likeness (QED) is 0.625. The molecule has 0 spiro atoms. The Morgan fingerprint density at radius 2 is 1.92 bits per heavy atom. The zero-order chi connectivity index (χ0) is 9.40. The number of aliphatic hydroxyl groups excluding tert-OH is 1. The highest BCUT2D eigenvalue weighted by Crippen LogP contribution is 2.10. The summed E-state index contributed by atoms with van der Waals surface area (Å²) in [6, 6.07) is 0. The highest BCUT2D eigenvalue weighted by Gasteiger charge is 1.91. The molecule has 1 nitrogen and oxygen atoms in total. The van der Waals surface area contributed by atoms with Gasteiger partial charge in [-0.15, -0.1) is 0 Å². The molecule has 0 aromatic carbocycles. The normalized spacial score (nSPS) is 11.5. The Kier molecular flexibility index (Phi) is 6.78. The van der Waals surface area contributed by atoms with Gasteiger partial charge in [0.05, 0.1) is 6.61 Å². The Morgan fingerprint density at radius 1 is 1.25 bits per heavy atom. The second-order valence-electron chi connectivity index (χ2n) is 3.22. The van der Waals surface area contributed by atoms with E-state index >= 15 is 0 Å². The summed E-state index contributed by atoms with van der Waals surface area (Å²) in [5.74, 6) is 0. The Labute approximate surface area is 75.8 Å². The molecule has 70 valence electrons. The Morgan fingerprint density at radius 3 is 2.33 bits per heavy atom. The molecule has 0 aromatic rings. The van der Waals surface area contributed by atoms with Crippen LogP contribution < -0.4 is 0 Å². The van der Waals surface area contributed by atoms with Crippen molar-refractivity contribution in [1.82, 2.24) is 0 Å². The first kappa shape index (κ1) is 11.4. The molecule has 0 fully saturated rings. The molecule has 0 aliphatic rings. The minimum absolute atomic E-state index is 0.179. The van der Waals surface area contributed by atoms with Crippen molar-refractivity contribution in [2.24, 2.45) is 0 Å². The third kappa shape index (κ3) is 6.17. The summed E-state index contributed by atoms with van der Waals surface area (Å²) < 4.78 is 0. The lowest BCUT2D eigenvalue weighted by Crippen LogP contribution is -1.84. The summed E-state index contributed by atoms with van der Waals surface area (Å²) >= 11 is 0. The molecular formula is C11H20O. The van der Waals surface area contributed by atoms with Crippen molar-refractivity contribution in [2.45, 2.75) is 40.0 Å². The van der Waals surface area contributed by atoms with Crippen LogP contribution in [0.15, 0.2) is 23.3 Å². The molecule has 0 rings (SSSR count). The van der Waals surface area contributed by atoms with Gasteiger partial charge in [0.25, 0.3) is 0 Å². The van der Waals surface area contributed by atoms with Crippen LogP contribution >= 0.6 is 0 Å². The molecule has 0 atom stereocenters. The SMILES string of the molecule is CC/C(=C/CO)CCC=C(C)C. The third-order valence-corrected chi connectivity index (χ3v) is 1.85. The predicted molar refractivity (Wildman–Crippen MR) is 54.1 cm³/mol. The molecule has 12 heavy (non-hydrogen) atoms. The first-order chi connectivity index (χ1) is 5.70. The van der Waals surface area contributed by atoms with Crippen LogP contribution in [0.1, 0.15) is 40.0 Å². The van der Waals surface area contributed by atoms with Gasteiger partial charge in [-0.1, -0.05) is 30.2 Å². The highest BCUT2D eigenvalue weighted by molar-refractivity contribution is 5.04. The maximum absolute atomic E-state index is 8.68. The van der Waals surface area contributed by atoms with E-state index in [9.17, 15) is 0 Å².